The van der Waals surface area contributed by atoms with E-state index >= 15 is 0 Å². The fraction of sp³-hybridized carbons (Fsp3) is 0.786. The third kappa shape index (κ3) is 2.51. The summed E-state index contributed by atoms with van der Waals surface area (Å²) in [6, 6.07) is 0. The van der Waals surface area contributed by atoms with Gasteiger partial charge in [-0.25, -0.2) is 4.79 Å². The molecular weight excluding hydrogens is 260 g/mol. The predicted molar refractivity (Wildman–Crippen MR) is 71.9 cm³/mol. The van der Waals surface area contributed by atoms with E-state index < -0.39 is 17.4 Å². The van der Waals surface area contributed by atoms with E-state index in [9.17, 15) is 19.5 Å². The molecule has 0 aromatic heterocycles. The van der Waals surface area contributed by atoms with E-state index in [1.165, 1.54) is 0 Å². The van der Waals surface area contributed by atoms with Gasteiger partial charge in [0.25, 0.3) is 0 Å². The molecule has 1 saturated heterocycles. The van der Waals surface area contributed by atoms with Gasteiger partial charge in [0.2, 0.25) is 11.8 Å². The summed E-state index contributed by atoms with van der Waals surface area (Å²) in [6.45, 7) is 6.14. The number of hydrogen-bond acceptors (Lipinski definition) is 3. The molecule has 112 valence electrons. The smallest absolute Gasteiger partial charge is 0.329 e. The van der Waals surface area contributed by atoms with Crippen molar-refractivity contribution in [1.82, 2.24) is 10.2 Å². The van der Waals surface area contributed by atoms with Crippen molar-refractivity contribution >= 4 is 17.8 Å². The summed E-state index contributed by atoms with van der Waals surface area (Å²) in [4.78, 5) is 37.1. The van der Waals surface area contributed by atoms with Crippen LogP contribution in [0.3, 0.4) is 0 Å². The van der Waals surface area contributed by atoms with Crippen molar-refractivity contribution in [2.75, 3.05) is 6.54 Å². The van der Waals surface area contributed by atoms with Crippen LogP contribution in [0.4, 0.5) is 0 Å². The summed E-state index contributed by atoms with van der Waals surface area (Å²) < 4.78 is 0. The summed E-state index contributed by atoms with van der Waals surface area (Å²) in [5.74, 6) is -1.78. The number of likely N-dealkylation sites (tertiary alicyclic amines) is 1. The number of amides is 2. The molecule has 1 unspecified atom stereocenters. The molecule has 2 aliphatic rings. The summed E-state index contributed by atoms with van der Waals surface area (Å²) in [7, 11) is 0. The third-order valence-corrected chi connectivity index (χ3v) is 4.28. The first-order chi connectivity index (χ1) is 9.16. The highest BCUT2D eigenvalue weighted by atomic mass is 16.4. The van der Waals surface area contributed by atoms with Gasteiger partial charge in [0.05, 0.1) is 5.92 Å². The minimum atomic E-state index is -1.10. The molecule has 0 bridgehead atoms. The SMILES string of the molecule is CC(C)(C)N1CC(C(=O)NC2(C(=O)O)CCC2)CC1=O. The van der Waals surface area contributed by atoms with Crippen molar-refractivity contribution in [1.29, 1.82) is 0 Å². The molecule has 6 nitrogen and oxygen atoms in total. The van der Waals surface area contributed by atoms with E-state index in [4.69, 9.17) is 0 Å². The van der Waals surface area contributed by atoms with Crippen LogP contribution in [0.15, 0.2) is 0 Å². The molecule has 20 heavy (non-hydrogen) atoms. The van der Waals surface area contributed by atoms with Crippen molar-refractivity contribution in [3.05, 3.63) is 0 Å². The number of carboxylic acid groups (broad SMARTS) is 1. The quantitative estimate of drug-likeness (QED) is 0.800. The predicted octanol–water partition coefficient (Wildman–Crippen LogP) is 0.757. The lowest BCUT2D eigenvalue weighted by atomic mass is 9.76. The van der Waals surface area contributed by atoms with Crippen LogP contribution in [0, 0.1) is 5.92 Å². The van der Waals surface area contributed by atoms with E-state index in [1.807, 2.05) is 20.8 Å². The first-order valence-electron chi connectivity index (χ1n) is 7.02. The van der Waals surface area contributed by atoms with Gasteiger partial charge in [-0.15, -0.1) is 0 Å². The zero-order valence-corrected chi connectivity index (χ0v) is 12.2. The molecule has 1 atom stereocenters. The van der Waals surface area contributed by atoms with Crippen molar-refractivity contribution in [2.45, 2.75) is 57.5 Å². The molecule has 2 N–H and O–H groups in total. The van der Waals surface area contributed by atoms with Crippen molar-refractivity contribution in [3.63, 3.8) is 0 Å². The molecule has 0 aromatic rings. The Morgan fingerprint density at radius 1 is 1.35 bits per heavy atom. The Hall–Kier alpha value is -1.59. The van der Waals surface area contributed by atoms with Crippen molar-refractivity contribution < 1.29 is 19.5 Å². The minimum absolute atomic E-state index is 0.0457. The second-order valence-electron chi connectivity index (χ2n) is 6.81. The fourth-order valence-electron chi connectivity index (χ4n) is 2.79. The first kappa shape index (κ1) is 14.8. The van der Waals surface area contributed by atoms with Crippen LogP contribution in [-0.2, 0) is 14.4 Å². The molecule has 1 saturated carbocycles. The molecule has 2 fully saturated rings. The summed E-state index contributed by atoms with van der Waals surface area (Å²) in [5, 5.41) is 11.9. The zero-order valence-electron chi connectivity index (χ0n) is 12.2. The Labute approximate surface area is 118 Å². The van der Waals surface area contributed by atoms with Gasteiger partial charge in [0.15, 0.2) is 0 Å². The number of rotatable bonds is 3. The average Bonchev–Trinajstić information content (AvgIpc) is 2.64. The molecule has 0 radical (unpaired) electrons. The first-order valence-corrected chi connectivity index (χ1v) is 7.02. The van der Waals surface area contributed by atoms with Gasteiger partial charge < -0.3 is 15.3 Å². The number of hydrogen-bond donors (Lipinski definition) is 2. The molecule has 6 heteroatoms. The molecule has 1 aliphatic heterocycles. The van der Waals surface area contributed by atoms with E-state index in [-0.39, 0.29) is 23.8 Å². The Kier molecular flexibility index (Phi) is 3.52. The number of nitrogens with zero attached hydrogens (tertiary/aromatic N) is 1. The number of nitrogens with one attached hydrogen (secondary N) is 1. The van der Waals surface area contributed by atoms with E-state index in [0.29, 0.717) is 19.4 Å². The zero-order chi connectivity index (χ0) is 15.1. The van der Waals surface area contributed by atoms with Crippen LogP contribution >= 0.6 is 0 Å². The second kappa shape index (κ2) is 4.75. The molecule has 0 spiro atoms. The van der Waals surface area contributed by atoms with Crippen molar-refractivity contribution in [2.24, 2.45) is 5.92 Å². The van der Waals surface area contributed by atoms with Crippen LogP contribution in [0.5, 0.6) is 0 Å². The Bertz CT molecular complexity index is 449. The number of carbonyl (C=O) groups excluding carboxylic acids is 2. The molecular formula is C14H22N2O4. The van der Waals surface area contributed by atoms with E-state index in [0.717, 1.165) is 6.42 Å². The van der Waals surface area contributed by atoms with E-state index in [1.54, 1.807) is 4.90 Å². The molecule has 2 amide bonds. The molecule has 0 aromatic carbocycles. The Morgan fingerprint density at radius 3 is 2.30 bits per heavy atom. The standard InChI is InChI=1S/C14H22N2O4/c1-13(2,3)16-8-9(7-10(16)17)11(18)15-14(12(19)20)5-4-6-14/h9H,4-8H2,1-3H3,(H,15,18)(H,19,20). The fourth-order valence-corrected chi connectivity index (χ4v) is 2.79. The normalized spacial score (nSPS) is 25.2. The maximum atomic E-state index is 12.2. The van der Waals surface area contributed by atoms with Gasteiger partial charge in [0.1, 0.15) is 5.54 Å². The lowest BCUT2D eigenvalue weighted by Crippen LogP contribution is -2.60. The largest absolute Gasteiger partial charge is 0.480 e. The van der Waals surface area contributed by atoms with Crippen LogP contribution in [0.2, 0.25) is 0 Å². The summed E-state index contributed by atoms with van der Waals surface area (Å²) in [5.41, 5.74) is -1.41. The maximum absolute atomic E-state index is 12.2. The summed E-state index contributed by atoms with van der Waals surface area (Å²) in [6.07, 6.45) is 1.92. The van der Waals surface area contributed by atoms with Gasteiger partial charge in [-0.3, -0.25) is 9.59 Å². The number of carboxylic acids is 1. The monoisotopic (exact) mass is 282 g/mol. The molecule has 1 heterocycles. The lowest BCUT2D eigenvalue weighted by Gasteiger charge is -2.39. The highest BCUT2D eigenvalue weighted by molar-refractivity contribution is 5.93. The van der Waals surface area contributed by atoms with E-state index in [2.05, 4.69) is 5.32 Å². The number of aliphatic carboxylic acids is 1. The van der Waals surface area contributed by atoms with Crippen LogP contribution in [0.1, 0.15) is 46.5 Å². The van der Waals surface area contributed by atoms with Crippen LogP contribution in [-0.4, -0.2) is 45.4 Å². The highest BCUT2D eigenvalue weighted by Crippen LogP contribution is 2.33. The van der Waals surface area contributed by atoms with Crippen LogP contribution < -0.4 is 5.32 Å². The van der Waals surface area contributed by atoms with Gasteiger partial charge in [-0.2, -0.15) is 0 Å². The Balaban J connectivity index is 2.01. The average molecular weight is 282 g/mol. The van der Waals surface area contributed by atoms with Crippen molar-refractivity contribution in [3.8, 4) is 0 Å². The van der Waals surface area contributed by atoms with Gasteiger partial charge in [-0.05, 0) is 40.0 Å². The lowest BCUT2D eigenvalue weighted by molar-refractivity contribution is -0.152. The van der Waals surface area contributed by atoms with Crippen LogP contribution in [0.25, 0.3) is 0 Å². The van der Waals surface area contributed by atoms with Gasteiger partial charge in [0, 0.05) is 18.5 Å². The number of carbonyl (C=O) groups is 3. The topological polar surface area (TPSA) is 86.7 Å². The second-order valence-corrected chi connectivity index (χ2v) is 6.81. The third-order valence-electron chi connectivity index (χ3n) is 4.28. The van der Waals surface area contributed by atoms with Gasteiger partial charge in [-0.1, -0.05) is 0 Å². The summed E-state index contributed by atoms with van der Waals surface area (Å²) >= 11 is 0. The minimum Gasteiger partial charge on any atom is -0.480 e. The molecule has 1 aliphatic carbocycles. The highest BCUT2D eigenvalue weighted by Gasteiger charge is 2.48. The molecule has 2 rings (SSSR count). The maximum Gasteiger partial charge on any atom is 0.329 e. The Morgan fingerprint density at radius 2 is 1.95 bits per heavy atom. The van der Waals surface area contributed by atoms with Gasteiger partial charge >= 0.3 is 5.97 Å².